The molecule has 1 saturated heterocycles. The second-order valence-corrected chi connectivity index (χ2v) is 6.06. The molecule has 1 aromatic carbocycles. The van der Waals surface area contributed by atoms with E-state index in [9.17, 15) is 18.0 Å². The summed E-state index contributed by atoms with van der Waals surface area (Å²) in [4.78, 5) is 12.5. The van der Waals surface area contributed by atoms with Crippen molar-refractivity contribution in [3.63, 3.8) is 0 Å². The number of halogens is 4. The minimum absolute atomic E-state index is 0. The van der Waals surface area contributed by atoms with Gasteiger partial charge in [-0.05, 0) is 38.1 Å². The Hall–Kier alpha value is -1.51. The lowest BCUT2D eigenvalue weighted by molar-refractivity contribution is -0.139. The van der Waals surface area contributed by atoms with Gasteiger partial charge in [-0.3, -0.25) is 4.79 Å². The van der Waals surface area contributed by atoms with Gasteiger partial charge in [0.15, 0.2) is 0 Å². The van der Waals surface area contributed by atoms with Crippen molar-refractivity contribution in [2.24, 2.45) is 5.41 Å². The monoisotopic (exact) mass is 396 g/mol. The molecule has 0 spiro atoms. The number of ether oxygens (including phenoxy) is 2. The van der Waals surface area contributed by atoms with Gasteiger partial charge in [0.2, 0.25) is 5.91 Å². The van der Waals surface area contributed by atoms with E-state index >= 15 is 0 Å². The number of benzene rings is 1. The van der Waals surface area contributed by atoms with Gasteiger partial charge in [-0.1, -0.05) is 12.1 Å². The first-order valence-corrected chi connectivity index (χ1v) is 8.16. The summed E-state index contributed by atoms with van der Waals surface area (Å²) in [5, 5.41) is 5.95. The molecule has 148 valence electrons. The minimum Gasteiger partial charge on any atom is -0.491 e. The average Bonchev–Trinajstić information content (AvgIpc) is 2.59. The van der Waals surface area contributed by atoms with Crippen LogP contribution in [0.25, 0.3) is 0 Å². The smallest absolute Gasteiger partial charge is 0.419 e. The van der Waals surface area contributed by atoms with Crippen molar-refractivity contribution in [1.82, 2.24) is 10.6 Å². The van der Waals surface area contributed by atoms with Crippen LogP contribution in [0.1, 0.15) is 18.4 Å². The van der Waals surface area contributed by atoms with Crippen molar-refractivity contribution in [3.05, 3.63) is 29.8 Å². The predicted molar refractivity (Wildman–Crippen MR) is 93.6 cm³/mol. The van der Waals surface area contributed by atoms with Gasteiger partial charge in [-0.2, -0.15) is 13.2 Å². The number of carbonyl (C=O) groups excluding carboxylic acids is 1. The molecule has 0 aliphatic carbocycles. The summed E-state index contributed by atoms with van der Waals surface area (Å²) in [6, 6.07) is 5.02. The van der Waals surface area contributed by atoms with Crippen LogP contribution >= 0.6 is 12.4 Å². The van der Waals surface area contributed by atoms with E-state index in [-0.39, 0.29) is 37.2 Å². The molecule has 26 heavy (non-hydrogen) atoms. The van der Waals surface area contributed by atoms with Gasteiger partial charge >= 0.3 is 6.18 Å². The average molecular weight is 397 g/mol. The maximum Gasteiger partial charge on any atom is 0.419 e. The number of carbonyl (C=O) groups is 1. The lowest BCUT2D eigenvalue weighted by Crippen LogP contribution is -2.50. The Morgan fingerprint density at radius 1 is 1.27 bits per heavy atom. The fourth-order valence-corrected chi connectivity index (χ4v) is 2.96. The summed E-state index contributed by atoms with van der Waals surface area (Å²) < 4.78 is 49.1. The summed E-state index contributed by atoms with van der Waals surface area (Å²) in [5.74, 6) is -0.388. The Bertz CT molecular complexity index is 573. The minimum atomic E-state index is -4.47. The van der Waals surface area contributed by atoms with Gasteiger partial charge in [-0.25, -0.2) is 0 Å². The van der Waals surface area contributed by atoms with Crippen LogP contribution in [-0.4, -0.2) is 45.9 Å². The standard InChI is InChI=1S/C17H23F3N2O3.ClH/c1-24-12-16(6-8-21-9-7-16)15(23)22-10-11-25-14-5-3-2-4-13(14)17(18,19)20;/h2-5,21H,6-12H2,1H3,(H,22,23);1H. The van der Waals surface area contributed by atoms with E-state index in [1.165, 1.54) is 18.2 Å². The van der Waals surface area contributed by atoms with E-state index in [1.54, 1.807) is 7.11 Å². The van der Waals surface area contributed by atoms with Gasteiger partial charge in [0, 0.05) is 7.11 Å². The third-order valence-electron chi connectivity index (χ3n) is 4.30. The number of para-hydroxylation sites is 1. The summed E-state index contributed by atoms with van der Waals surface area (Å²) in [6.07, 6.45) is -3.16. The van der Waals surface area contributed by atoms with Gasteiger partial charge < -0.3 is 20.1 Å². The number of amides is 1. The molecule has 0 bridgehead atoms. The number of rotatable bonds is 7. The molecule has 1 aliphatic heterocycles. The maximum atomic E-state index is 12.9. The van der Waals surface area contributed by atoms with Crippen LogP contribution in [0, 0.1) is 5.41 Å². The molecular formula is C17H24ClF3N2O3. The summed E-state index contributed by atoms with van der Waals surface area (Å²) in [5.41, 5.74) is -1.42. The van der Waals surface area contributed by atoms with Gasteiger partial charge in [0.05, 0.1) is 24.1 Å². The van der Waals surface area contributed by atoms with Crippen LogP contribution in [0.5, 0.6) is 5.75 Å². The Labute approximate surface area is 157 Å². The molecule has 1 aliphatic rings. The second-order valence-electron chi connectivity index (χ2n) is 6.06. The fourth-order valence-electron chi connectivity index (χ4n) is 2.96. The molecule has 0 saturated carbocycles. The predicted octanol–water partition coefficient (Wildman–Crippen LogP) is 2.64. The third-order valence-corrected chi connectivity index (χ3v) is 4.30. The Balaban J connectivity index is 0.00000338. The number of alkyl halides is 3. The van der Waals surface area contributed by atoms with Crippen molar-refractivity contribution in [3.8, 4) is 5.75 Å². The van der Waals surface area contributed by atoms with Gasteiger partial charge in [0.1, 0.15) is 12.4 Å². The lowest BCUT2D eigenvalue weighted by Gasteiger charge is -2.35. The van der Waals surface area contributed by atoms with Gasteiger partial charge in [-0.15, -0.1) is 12.4 Å². The molecule has 0 aromatic heterocycles. The summed E-state index contributed by atoms with van der Waals surface area (Å²) in [6.45, 7) is 1.86. The van der Waals surface area contributed by atoms with E-state index in [0.29, 0.717) is 19.4 Å². The van der Waals surface area contributed by atoms with Crippen LogP contribution < -0.4 is 15.4 Å². The van der Waals surface area contributed by atoms with Crippen molar-refractivity contribution >= 4 is 18.3 Å². The second kappa shape index (κ2) is 9.99. The zero-order valence-corrected chi connectivity index (χ0v) is 15.3. The van der Waals surface area contributed by atoms with E-state index in [4.69, 9.17) is 9.47 Å². The van der Waals surface area contributed by atoms with E-state index in [0.717, 1.165) is 19.2 Å². The summed E-state index contributed by atoms with van der Waals surface area (Å²) in [7, 11) is 1.55. The third kappa shape index (κ3) is 5.75. The first kappa shape index (κ1) is 22.5. The molecule has 0 radical (unpaired) electrons. The van der Waals surface area contributed by atoms with Crippen LogP contribution in [0.15, 0.2) is 24.3 Å². The number of nitrogens with one attached hydrogen (secondary N) is 2. The van der Waals surface area contributed by atoms with E-state index in [2.05, 4.69) is 10.6 Å². The zero-order valence-electron chi connectivity index (χ0n) is 14.5. The van der Waals surface area contributed by atoms with Crippen LogP contribution in [-0.2, 0) is 15.7 Å². The van der Waals surface area contributed by atoms with Crippen LogP contribution in [0.2, 0.25) is 0 Å². The number of piperidine rings is 1. The number of methoxy groups -OCH3 is 1. The molecule has 1 heterocycles. The number of hydrogen-bond acceptors (Lipinski definition) is 4. The SMILES string of the molecule is COCC1(C(=O)NCCOc2ccccc2C(F)(F)F)CCNCC1.Cl. The van der Waals surface area contributed by atoms with Crippen molar-refractivity contribution in [1.29, 1.82) is 0 Å². The molecule has 0 atom stereocenters. The van der Waals surface area contributed by atoms with Crippen LogP contribution in [0.4, 0.5) is 13.2 Å². The molecule has 9 heteroatoms. The number of hydrogen-bond donors (Lipinski definition) is 2. The van der Waals surface area contributed by atoms with Crippen molar-refractivity contribution < 1.29 is 27.4 Å². The molecule has 1 amide bonds. The Morgan fingerprint density at radius 3 is 2.54 bits per heavy atom. The highest BCUT2D eigenvalue weighted by molar-refractivity contribution is 5.85. The Morgan fingerprint density at radius 2 is 1.92 bits per heavy atom. The first-order valence-electron chi connectivity index (χ1n) is 8.16. The van der Waals surface area contributed by atoms with Gasteiger partial charge in [0.25, 0.3) is 0 Å². The molecule has 1 fully saturated rings. The highest BCUT2D eigenvalue weighted by Crippen LogP contribution is 2.35. The molecule has 5 nitrogen and oxygen atoms in total. The highest BCUT2D eigenvalue weighted by Gasteiger charge is 2.39. The van der Waals surface area contributed by atoms with Crippen molar-refractivity contribution in [2.45, 2.75) is 19.0 Å². The first-order chi connectivity index (χ1) is 11.9. The molecule has 2 N–H and O–H groups in total. The fraction of sp³-hybridized carbons (Fsp3) is 0.588. The van der Waals surface area contributed by atoms with E-state index < -0.39 is 17.2 Å². The summed E-state index contributed by atoms with van der Waals surface area (Å²) >= 11 is 0. The topological polar surface area (TPSA) is 59.6 Å². The zero-order chi connectivity index (χ0) is 18.3. The maximum absolute atomic E-state index is 12.9. The molecule has 1 aromatic rings. The normalized spacial score (nSPS) is 16.5. The molecule has 2 rings (SSSR count). The molecular weight excluding hydrogens is 373 g/mol. The largest absolute Gasteiger partial charge is 0.491 e. The quantitative estimate of drug-likeness (QED) is 0.696. The van der Waals surface area contributed by atoms with E-state index in [1.807, 2.05) is 0 Å². The van der Waals surface area contributed by atoms with Crippen molar-refractivity contribution in [2.75, 3.05) is 40.0 Å². The van der Waals surface area contributed by atoms with Crippen LogP contribution in [0.3, 0.4) is 0 Å². The molecule has 0 unspecified atom stereocenters. The highest BCUT2D eigenvalue weighted by atomic mass is 35.5. The Kier molecular flexibility index (Phi) is 8.66. The lowest BCUT2D eigenvalue weighted by atomic mass is 9.78.